The molecule has 1 aliphatic carbocycles. The van der Waals surface area contributed by atoms with E-state index in [0.717, 1.165) is 36.8 Å². The fourth-order valence-electron chi connectivity index (χ4n) is 3.27. The molecule has 0 aliphatic heterocycles. The molecule has 3 rings (SSSR count). The fourth-order valence-corrected chi connectivity index (χ4v) is 4.51. The first-order valence-corrected chi connectivity index (χ1v) is 10.0. The van der Waals surface area contributed by atoms with Gasteiger partial charge in [-0.05, 0) is 54.4 Å². The van der Waals surface area contributed by atoms with Crippen LogP contribution >= 0.6 is 11.3 Å². The van der Waals surface area contributed by atoms with Crippen molar-refractivity contribution in [2.24, 2.45) is 0 Å². The van der Waals surface area contributed by atoms with Crippen molar-refractivity contribution in [2.45, 2.75) is 51.9 Å². The monoisotopic (exact) mass is 364 g/mol. The van der Waals surface area contributed by atoms with E-state index in [1.54, 1.807) is 11.3 Å². The predicted octanol–water partition coefficient (Wildman–Crippen LogP) is 5.66. The Labute approximate surface area is 159 Å². The summed E-state index contributed by atoms with van der Waals surface area (Å²) in [6.07, 6.45) is 8.81. The van der Waals surface area contributed by atoms with Gasteiger partial charge in [0.15, 0.2) is 0 Å². The van der Waals surface area contributed by atoms with Gasteiger partial charge in [0, 0.05) is 11.0 Å². The van der Waals surface area contributed by atoms with E-state index in [1.807, 2.05) is 18.2 Å². The number of hydrogen-bond donors (Lipinski definition) is 1. The van der Waals surface area contributed by atoms with Gasteiger partial charge >= 0.3 is 0 Å². The van der Waals surface area contributed by atoms with E-state index in [-0.39, 0.29) is 5.91 Å². The van der Waals surface area contributed by atoms with Gasteiger partial charge in [0.2, 0.25) is 5.91 Å². The summed E-state index contributed by atoms with van der Waals surface area (Å²) in [5.74, 6) is 0.306. The highest BCUT2D eigenvalue weighted by atomic mass is 32.1. The molecule has 0 fully saturated rings. The number of benzene rings is 1. The maximum Gasteiger partial charge on any atom is 0.249 e. The number of nitrogens with one attached hydrogen (secondary N) is 1. The molecule has 0 bridgehead atoms. The molecule has 26 heavy (non-hydrogen) atoms. The van der Waals surface area contributed by atoms with Crippen LogP contribution in [0, 0.1) is 11.3 Å². The normalized spacial score (nSPS) is 14.1. The van der Waals surface area contributed by atoms with Crippen molar-refractivity contribution in [3.8, 4) is 6.07 Å². The van der Waals surface area contributed by atoms with E-state index < -0.39 is 0 Å². The van der Waals surface area contributed by atoms with Crippen LogP contribution in [0.1, 0.15) is 66.2 Å². The molecule has 0 unspecified atom stereocenters. The van der Waals surface area contributed by atoms with Gasteiger partial charge in [-0.15, -0.1) is 11.3 Å². The van der Waals surface area contributed by atoms with Gasteiger partial charge in [-0.2, -0.15) is 5.26 Å². The molecule has 0 spiro atoms. The molecule has 134 valence electrons. The zero-order valence-electron chi connectivity index (χ0n) is 15.3. The third-order valence-electron chi connectivity index (χ3n) is 4.80. The Balaban J connectivity index is 1.71. The molecule has 1 N–H and O–H groups in total. The quantitative estimate of drug-likeness (QED) is 0.562. The van der Waals surface area contributed by atoms with E-state index in [9.17, 15) is 10.1 Å². The average Bonchev–Trinajstić information content (AvgIpc) is 2.79. The molecule has 0 radical (unpaired) electrons. The lowest BCUT2D eigenvalue weighted by atomic mass is 10.0. The van der Waals surface area contributed by atoms with Crippen molar-refractivity contribution < 1.29 is 4.79 Å². The maximum absolute atomic E-state index is 12.3. The van der Waals surface area contributed by atoms with Gasteiger partial charge in [-0.3, -0.25) is 4.79 Å². The summed E-state index contributed by atoms with van der Waals surface area (Å²) in [6.45, 7) is 4.32. The Morgan fingerprint density at radius 1 is 1.19 bits per heavy atom. The van der Waals surface area contributed by atoms with Gasteiger partial charge < -0.3 is 5.32 Å². The van der Waals surface area contributed by atoms with Crippen molar-refractivity contribution in [3.63, 3.8) is 0 Å². The number of thiophene rings is 1. The van der Waals surface area contributed by atoms with Crippen LogP contribution in [0.4, 0.5) is 5.00 Å². The van der Waals surface area contributed by atoms with Crippen molar-refractivity contribution in [1.29, 1.82) is 5.26 Å². The smallest absolute Gasteiger partial charge is 0.249 e. The highest BCUT2D eigenvalue weighted by Gasteiger charge is 2.20. The Morgan fingerprint density at radius 3 is 2.62 bits per heavy atom. The van der Waals surface area contributed by atoms with E-state index in [0.29, 0.717) is 16.5 Å². The van der Waals surface area contributed by atoms with Crippen LogP contribution in [-0.4, -0.2) is 5.91 Å². The highest BCUT2D eigenvalue weighted by molar-refractivity contribution is 7.16. The number of fused-ring (bicyclic) bond motifs is 1. The van der Waals surface area contributed by atoms with E-state index in [1.165, 1.54) is 22.9 Å². The van der Waals surface area contributed by atoms with Crippen LogP contribution in [0.3, 0.4) is 0 Å². The molecular formula is C22H24N2OS. The first-order chi connectivity index (χ1) is 12.6. The summed E-state index contributed by atoms with van der Waals surface area (Å²) in [5, 5.41) is 13.1. The van der Waals surface area contributed by atoms with Gasteiger partial charge in [0.05, 0.1) is 5.56 Å². The molecule has 0 saturated carbocycles. The molecule has 3 nitrogen and oxygen atoms in total. The van der Waals surface area contributed by atoms with Crippen LogP contribution in [0.15, 0.2) is 30.3 Å². The molecule has 1 amide bonds. The lowest BCUT2D eigenvalue weighted by molar-refractivity contribution is -0.111. The summed E-state index contributed by atoms with van der Waals surface area (Å²) in [7, 11) is 0. The number of carbonyl (C=O) groups is 1. The number of rotatable bonds is 4. The maximum atomic E-state index is 12.3. The second-order valence-corrected chi connectivity index (χ2v) is 8.13. The van der Waals surface area contributed by atoms with E-state index in [4.69, 9.17) is 0 Å². The van der Waals surface area contributed by atoms with Gasteiger partial charge in [-0.25, -0.2) is 0 Å². The molecule has 0 saturated heterocycles. The largest absolute Gasteiger partial charge is 0.313 e. The Morgan fingerprint density at radius 2 is 1.92 bits per heavy atom. The molecular weight excluding hydrogens is 340 g/mol. The van der Waals surface area contributed by atoms with Crippen molar-refractivity contribution in [3.05, 3.63) is 57.5 Å². The van der Waals surface area contributed by atoms with Crippen LogP contribution in [-0.2, 0) is 17.6 Å². The fraction of sp³-hybridized carbons (Fsp3) is 0.364. The lowest BCUT2D eigenvalue weighted by Crippen LogP contribution is -2.07. The summed E-state index contributed by atoms with van der Waals surface area (Å²) >= 11 is 1.57. The topological polar surface area (TPSA) is 52.9 Å². The zero-order chi connectivity index (χ0) is 18.5. The number of anilines is 1. The van der Waals surface area contributed by atoms with E-state index >= 15 is 0 Å². The first-order valence-electron chi connectivity index (χ1n) is 9.22. The standard InChI is InChI=1S/C22H24N2OS/c1-15(2)17-11-8-16(9-12-17)10-13-21(25)24-22-19(14-23)18-6-4-3-5-7-20(18)26-22/h8-13,15H,3-7H2,1-2H3,(H,24,25)/b13-10+. The number of nitriles is 1. The minimum atomic E-state index is -0.189. The number of nitrogens with zero attached hydrogens (tertiary/aromatic N) is 1. The average molecular weight is 365 g/mol. The SMILES string of the molecule is CC(C)c1ccc(/C=C/C(=O)Nc2sc3c(c2C#N)CCCCC3)cc1. The van der Waals surface area contributed by atoms with Crippen molar-refractivity contribution >= 4 is 28.3 Å². The first kappa shape index (κ1) is 18.4. The van der Waals surface area contributed by atoms with Gasteiger partial charge in [-0.1, -0.05) is 44.5 Å². The minimum absolute atomic E-state index is 0.189. The Kier molecular flexibility index (Phi) is 5.90. The predicted molar refractivity (Wildman–Crippen MR) is 108 cm³/mol. The zero-order valence-corrected chi connectivity index (χ0v) is 16.2. The van der Waals surface area contributed by atoms with Crippen molar-refractivity contribution in [1.82, 2.24) is 0 Å². The van der Waals surface area contributed by atoms with Crippen LogP contribution in [0.5, 0.6) is 0 Å². The van der Waals surface area contributed by atoms with Crippen LogP contribution < -0.4 is 5.32 Å². The van der Waals surface area contributed by atoms with Gasteiger partial charge in [0.25, 0.3) is 0 Å². The molecule has 0 atom stereocenters. The number of amides is 1. The van der Waals surface area contributed by atoms with Crippen molar-refractivity contribution in [2.75, 3.05) is 5.32 Å². The summed E-state index contributed by atoms with van der Waals surface area (Å²) in [6, 6.07) is 10.5. The Bertz CT molecular complexity index is 854. The third kappa shape index (κ3) is 4.23. The summed E-state index contributed by atoms with van der Waals surface area (Å²) in [4.78, 5) is 13.6. The van der Waals surface area contributed by atoms with Crippen LogP contribution in [0.25, 0.3) is 6.08 Å². The van der Waals surface area contributed by atoms with Gasteiger partial charge in [0.1, 0.15) is 11.1 Å². The summed E-state index contributed by atoms with van der Waals surface area (Å²) in [5.41, 5.74) is 4.09. The molecule has 1 aliphatic rings. The number of carbonyl (C=O) groups excluding carboxylic acids is 1. The molecule has 4 heteroatoms. The Hall–Kier alpha value is -2.38. The minimum Gasteiger partial charge on any atom is -0.313 e. The highest BCUT2D eigenvalue weighted by Crippen LogP contribution is 2.36. The number of aryl methyl sites for hydroxylation is 1. The van der Waals surface area contributed by atoms with Crippen LogP contribution in [0.2, 0.25) is 0 Å². The van der Waals surface area contributed by atoms with E-state index in [2.05, 4.69) is 37.4 Å². The summed E-state index contributed by atoms with van der Waals surface area (Å²) < 4.78 is 0. The second kappa shape index (κ2) is 8.33. The lowest BCUT2D eigenvalue weighted by Gasteiger charge is -2.04. The number of hydrogen-bond acceptors (Lipinski definition) is 3. The second-order valence-electron chi connectivity index (χ2n) is 7.02. The molecule has 1 aromatic heterocycles. The molecule has 2 aromatic rings. The molecule has 1 heterocycles. The third-order valence-corrected chi connectivity index (χ3v) is 6.01. The molecule has 1 aromatic carbocycles.